The van der Waals surface area contributed by atoms with Gasteiger partial charge >= 0.3 is 0 Å². The van der Waals surface area contributed by atoms with E-state index in [1.807, 2.05) is 25.1 Å². The zero-order chi connectivity index (χ0) is 22.1. The molecule has 4 aromatic rings. The Bertz CT molecular complexity index is 1230. The summed E-state index contributed by atoms with van der Waals surface area (Å²) in [5.41, 5.74) is 2.62. The van der Waals surface area contributed by atoms with Crippen molar-refractivity contribution in [2.24, 2.45) is 0 Å². The molecule has 0 aliphatic rings. The van der Waals surface area contributed by atoms with Crippen LogP contribution in [0.4, 0.5) is 0 Å². The summed E-state index contributed by atoms with van der Waals surface area (Å²) in [5, 5.41) is 5.68. The molecular formula is C23H19Cl3N2O3. The van der Waals surface area contributed by atoms with Crippen molar-refractivity contribution in [3.63, 3.8) is 0 Å². The topological polar surface area (TPSA) is 61.3 Å². The van der Waals surface area contributed by atoms with E-state index in [9.17, 15) is 0 Å². The number of rotatable bonds is 6. The van der Waals surface area contributed by atoms with Crippen LogP contribution < -0.4 is 4.74 Å². The number of halogens is 3. The van der Waals surface area contributed by atoms with Gasteiger partial charge in [0.25, 0.3) is 5.89 Å². The van der Waals surface area contributed by atoms with Crippen LogP contribution in [0.2, 0.25) is 15.1 Å². The SMILES string of the molecule is Cc1cc(OCc2ccc(-c3nc(-c4ccc(Cl)cc4Cl)no3)o2)c(C(C)C)cc1Cl. The van der Waals surface area contributed by atoms with Crippen molar-refractivity contribution in [2.45, 2.75) is 33.3 Å². The first kappa shape index (κ1) is 21.8. The van der Waals surface area contributed by atoms with Gasteiger partial charge in [-0.15, -0.1) is 0 Å². The van der Waals surface area contributed by atoms with Gasteiger partial charge in [0.1, 0.15) is 18.1 Å². The van der Waals surface area contributed by atoms with Crippen molar-refractivity contribution in [3.8, 4) is 28.8 Å². The van der Waals surface area contributed by atoms with Crippen LogP contribution in [0, 0.1) is 6.92 Å². The van der Waals surface area contributed by atoms with Gasteiger partial charge in [-0.1, -0.05) is 53.8 Å². The minimum absolute atomic E-state index is 0.248. The predicted molar refractivity (Wildman–Crippen MR) is 122 cm³/mol. The van der Waals surface area contributed by atoms with E-state index in [4.69, 9.17) is 48.5 Å². The monoisotopic (exact) mass is 476 g/mol. The van der Waals surface area contributed by atoms with Crippen LogP contribution in [0.25, 0.3) is 23.0 Å². The van der Waals surface area contributed by atoms with Crippen molar-refractivity contribution < 1.29 is 13.7 Å². The highest BCUT2D eigenvalue weighted by Crippen LogP contribution is 2.33. The van der Waals surface area contributed by atoms with Crippen molar-refractivity contribution in [1.82, 2.24) is 10.1 Å². The second-order valence-corrected chi connectivity index (χ2v) is 8.65. The van der Waals surface area contributed by atoms with E-state index in [0.29, 0.717) is 33.0 Å². The number of furan rings is 1. The van der Waals surface area contributed by atoms with Crippen LogP contribution in [0.1, 0.15) is 36.7 Å². The molecule has 0 bridgehead atoms. The Morgan fingerprint density at radius 1 is 1.00 bits per heavy atom. The van der Waals surface area contributed by atoms with E-state index in [0.717, 1.165) is 21.9 Å². The lowest BCUT2D eigenvalue weighted by Gasteiger charge is -2.15. The summed E-state index contributed by atoms with van der Waals surface area (Å²) in [6.07, 6.45) is 0. The molecule has 0 radical (unpaired) electrons. The largest absolute Gasteiger partial charge is 0.485 e. The zero-order valence-corrected chi connectivity index (χ0v) is 19.3. The number of aryl methyl sites for hydroxylation is 1. The minimum atomic E-state index is 0.248. The van der Waals surface area contributed by atoms with E-state index in [1.165, 1.54) is 0 Å². The van der Waals surface area contributed by atoms with Crippen molar-refractivity contribution >= 4 is 34.8 Å². The Morgan fingerprint density at radius 3 is 2.55 bits per heavy atom. The first-order valence-electron chi connectivity index (χ1n) is 9.63. The molecule has 0 saturated carbocycles. The molecule has 0 saturated heterocycles. The summed E-state index contributed by atoms with van der Waals surface area (Å²) in [7, 11) is 0. The molecule has 2 aromatic heterocycles. The second-order valence-electron chi connectivity index (χ2n) is 7.40. The Hall–Kier alpha value is -2.47. The van der Waals surface area contributed by atoms with E-state index in [-0.39, 0.29) is 18.4 Å². The lowest BCUT2D eigenvalue weighted by atomic mass is 10.0. The Balaban J connectivity index is 1.51. The Kier molecular flexibility index (Phi) is 6.28. The molecule has 160 valence electrons. The van der Waals surface area contributed by atoms with Crippen molar-refractivity contribution in [3.05, 3.63) is 74.4 Å². The summed E-state index contributed by atoms with van der Waals surface area (Å²) >= 11 is 18.4. The molecule has 2 aromatic carbocycles. The standard InChI is InChI=1S/C23H19Cl3N2O3/c1-12(2)17-10-18(25)13(3)8-21(17)29-11-15-5-7-20(30-15)23-27-22(28-31-23)16-6-4-14(24)9-19(16)26/h4-10,12H,11H2,1-3H3. The smallest absolute Gasteiger partial charge is 0.293 e. The Morgan fingerprint density at radius 2 is 1.81 bits per heavy atom. The molecular weight excluding hydrogens is 459 g/mol. The molecule has 2 heterocycles. The molecule has 0 amide bonds. The quantitative estimate of drug-likeness (QED) is 0.282. The van der Waals surface area contributed by atoms with Gasteiger partial charge in [-0.3, -0.25) is 0 Å². The van der Waals surface area contributed by atoms with Crippen LogP contribution in [0.15, 0.2) is 51.4 Å². The van der Waals surface area contributed by atoms with E-state index >= 15 is 0 Å². The number of ether oxygens (including phenoxy) is 1. The third-order valence-corrected chi connectivity index (χ3v) is 5.71. The normalized spacial score (nSPS) is 11.3. The van der Waals surface area contributed by atoms with Gasteiger partial charge in [-0.2, -0.15) is 4.98 Å². The number of hydrogen-bond acceptors (Lipinski definition) is 5. The summed E-state index contributed by atoms with van der Waals surface area (Å²) < 4.78 is 17.2. The second kappa shape index (κ2) is 8.95. The van der Waals surface area contributed by atoms with Crippen LogP contribution in [0.3, 0.4) is 0 Å². The third kappa shape index (κ3) is 4.74. The van der Waals surface area contributed by atoms with E-state index < -0.39 is 0 Å². The number of hydrogen-bond donors (Lipinski definition) is 0. The highest BCUT2D eigenvalue weighted by molar-refractivity contribution is 6.36. The zero-order valence-electron chi connectivity index (χ0n) is 17.1. The van der Waals surface area contributed by atoms with Crippen LogP contribution in [-0.2, 0) is 6.61 Å². The maximum Gasteiger partial charge on any atom is 0.293 e. The Labute approximate surface area is 194 Å². The lowest BCUT2D eigenvalue weighted by Crippen LogP contribution is -2.00. The van der Waals surface area contributed by atoms with Gasteiger partial charge in [-0.25, -0.2) is 0 Å². The first-order valence-corrected chi connectivity index (χ1v) is 10.8. The molecule has 0 unspecified atom stereocenters. The number of aromatic nitrogens is 2. The number of benzene rings is 2. The highest BCUT2D eigenvalue weighted by atomic mass is 35.5. The van der Waals surface area contributed by atoms with Crippen LogP contribution in [0.5, 0.6) is 5.75 Å². The van der Waals surface area contributed by atoms with Gasteiger partial charge in [0, 0.05) is 15.6 Å². The average molecular weight is 478 g/mol. The maximum atomic E-state index is 6.27. The molecule has 0 atom stereocenters. The molecule has 31 heavy (non-hydrogen) atoms. The first-order chi connectivity index (χ1) is 14.8. The highest BCUT2D eigenvalue weighted by Gasteiger charge is 2.17. The third-order valence-electron chi connectivity index (χ3n) is 4.75. The van der Waals surface area contributed by atoms with Crippen molar-refractivity contribution in [2.75, 3.05) is 0 Å². The molecule has 8 heteroatoms. The average Bonchev–Trinajstić information content (AvgIpc) is 3.38. The lowest BCUT2D eigenvalue weighted by molar-refractivity contribution is 0.267. The minimum Gasteiger partial charge on any atom is -0.485 e. The fourth-order valence-corrected chi connectivity index (χ4v) is 3.73. The summed E-state index contributed by atoms with van der Waals surface area (Å²) in [6, 6.07) is 12.5. The molecule has 0 aliphatic carbocycles. The molecule has 0 spiro atoms. The molecule has 0 N–H and O–H groups in total. The summed E-state index contributed by atoms with van der Waals surface area (Å²) in [4.78, 5) is 4.38. The van der Waals surface area contributed by atoms with E-state index in [1.54, 1.807) is 24.3 Å². The maximum absolute atomic E-state index is 6.27. The van der Waals surface area contributed by atoms with Crippen LogP contribution >= 0.6 is 34.8 Å². The van der Waals surface area contributed by atoms with Crippen LogP contribution in [-0.4, -0.2) is 10.1 Å². The molecule has 0 aliphatic heterocycles. The summed E-state index contributed by atoms with van der Waals surface area (Å²) in [6.45, 7) is 6.40. The van der Waals surface area contributed by atoms with Gasteiger partial charge in [-0.05, 0) is 66.4 Å². The van der Waals surface area contributed by atoms with Gasteiger partial charge in [0.05, 0.1) is 5.02 Å². The molecule has 0 fully saturated rings. The number of nitrogens with zero attached hydrogens (tertiary/aromatic N) is 2. The van der Waals surface area contributed by atoms with Gasteiger partial charge < -0.3 is 13.7 Å². The summed E-state index contributed by atoms with van der Waals surface area (Å²) in [5.74, 6) is 2.73. The predicted octanol–water partition coefficient (Wildman–Crippen LogP) is 7.97. The van der Waals surface area contributed by atoms with Gasteiger partial charge in [0.2, 0.25) is 5.82 Å². The fraction of sp³-hybridized carbons (Fsp3) is 0.217. The van der Waals surface area contributed by atoms with Gasteiger partial charge in [0.15, 0.2) is 5.76 Å². The molecule has 5 nitrogen and oxygen atoms in total. The molecule has 4 rings (SSSR count). The van der Waals surface area contributed by atoms with Crippen molar-refractivity contribution in [1.29, 1.82) is 0 Å². The fourth-order valence-electron chi connectivity index (χ4n) is 3.07. The van der Waals surface area contributed by atoms with E-state index in [2.05, 4.69) is 24.0 Å².